The van der Waals surface area contributed by atoms with Crippen LogP contribution in [-0.4, -0.2) is 25.5 Å². The highest BCUT2D eigenvalue weighted by Crippen LogP contribution is 2.49. The number of carbonyl (C=O) groups excluding carboxylic acids is 2. The summed E-state index contributed by atoms with van der Waals surface area (Å²) < 4.78 is 6.12. The first kappa shape index (κ1) is 15.7. The summed E-state index contributed by atoms with van der Waals surface area (Å²) in [5, 5.41) is 2.81. The molecular formula is C19H19N3O3. The van der Waals surface area contributed by atoms with E-state index in [2.05, 4.69) is 5.32 Å². The number of ether oxygens (including phenoxy) is 1. The standard InChI is InChI=1S/C19H19N3O3/c1-3-20-18(24)22-15-10-6-4-8-13(15)12-25-19(22)14-9-5-7-11-16(14)21(2)17(19)23/h4-11H,3,12H2,1-2H3,(H,20,24)/t19-/m1/s1. The highest BCUT2D eigenvalue weighted by molar-refractivity contribution is 6.13. The molecule has 3 amide bonds. The van der Waals surface area contributed by atoms with E-state index in [0.717, 1.165) is 11.3 Å². The van der Waals surface area contributed by atoms with Crippen LogP contribution in [0, 0.1) is 0 Å². The average molecular weight is 337 g/mol. The van der Waals surface area contributed by atoms with Crippen molar-refractivity contribution in [2.24, 2.45) is 0 Å². The molecule has 0 aliphatic carbocycles. The Balaban J connectivity index is 1.97. The Morgan fingerprint density at radius 3 is 2.60 bits per heavy atom. The van der Waals surface area contributed by atoms with Gasteiger partial charge < -0.3 is 15.0 Å². The minimum absolute atomic E-state index is 0.264. The Bertz CT molecular complexity index is 866. The largest absolute Gasteiger partial charge is 0.338 e. The normalized spacial score (nSPS) is 21.3. The lowest BCUT2D eigenvalue weighted by Gasteiger charge is -2.43. The van der Waals surface area contributed by atoms with Gasteiger partial charge in [-0.2, -0.15) is 0 Å². The van der Waals surface area contributed by atoms with Gasteiger partial charge in [0, 0.05) is 24.7 Å². The summed E-state index contributed by atoms with van der Waals surface area (Å²) in [6, 6.07) is 14.6. The first-order valence-corrected chi connectivity index (χ1v) is 8.29. The third-order valence-electron chi connectivity index (χ3n) is 4.74. The van der Waals surface area contributed by atoms with Gasteiger partial charge in [0.15, 0.2) is 0 Å². The van der Waals surface area contributed by atoms with Gasteiger partial charge in [0.1, 0.15) is 0 Å². The molecule has 6 nitrogen and oxygen atoms in total. The summed E-state index contributed by atoms with van der Waals surface area (Å²) in [5.41, 5.74) is 1.53. The number of rotatable bonds is 1. The Morgan fingerprint density at radius 2 is 1.84 bits per heavy atom. The smallest absolute Gasteiger partial charge is 0.324 e. The number of carbonyl (C=O) groups is 2. The summed E-state index contributed by atoms with van der Waals surface area (Å²) in [6.45, 7) is 2.57. The molecule has 0 bridgehead atoms. The van der Waals surface area contributed by atoms with Crippen molar-refractivity contribution in [3.8, 4) is 0 Å². The second kappa shape index (κ2) is 5.60. The van der Waals surface area contributed by atoms with E-state index in [1.54, 1.807) is 11.9 Å². The fourth-order valence-electron chi connectivity index (χ4n) is 3.61. The van der Waals surface area contributed by atoms with E-state index in [-0.39, 0.29) is 18.5 Å². The topological polar surface area (TPSA) is 61.9 Å². The molecule has 0 radical (unpaired) electrons. The molecule has 1 N–H and O–H groups in total. The lowest BCUT2D eigenvalue weighted by Crippen LogP contribution is -2.61. The lowest BCUT2D eigenvalue weighted by molar-refractivity contribution is -0.146. The Labute approximate surface area is 146 Å². The molecule has 2 aliphatic heterocycles. The van der Waals surface area contributed by atoms with Gasteiger partial charge in [0.05, 0.1) is 18.0 Å². The molecule has 1 atom stereocenters. The minimum atomic E-state index is -1.47. The predicted octanol–water partition coefficient (Wildman–Crippen LogP) is 2.58. The maximum Gasteiger partial charge on any atom is 0.324 e. The molecular weight excluding hydrogens is 318 g/mol. The number of hydrogen-bond acceptors (Lipinski definition) is 3. The maximum absolute atomic E-state index is 13.2. The van der Waals surface area contributed by atoms with Crippen LogP contribution in [0.4, 0.5) is 16.2 Å². The zero-order valence-electron chi connectivity index (χ0n) is 14.2. The SMILES string of the molecule is CCNC(=O)N1c2ccccc2CO[C@]12C(=O)N(C)c1ccccc12. The molecule has 2 aliphatic rings. The van der Waals surface area contributed by atoms with Crippen LogP contribution in [0.5, 0.6) is 0 Å². The first-order chi connectivity index (χ1) is 12.1. The minimum Gasteiger partial charge on any atom is -0.338 e. The second-order valence-corrected chi connectivity index (χ2v) is 6.11. The van der Waals surface area contributed by atoms with Crippen molar-refractivity contribution in [1.82, 2.24) is 5.32 Å². The molecule has 0 saturated carbocycles. The number of para-hydroxylation sites is 2. The first-order valence-electron chi connectivity index (χ1n) is 8.29. The highest BCUT2D eigenvalue weighted by Gasteiger charge is 2.59. The van der Waals surface area contributed by atoms with Gasteiger partial charge in [0.2, 0.25) is 0 Å². The molecule has 1 spiro atoms. The number of urea groups is 1. The highest BCUT2D eigenvalue weighted by atomic mass is 16.5. The summed E-state index contributed by atoms with van der Waals surface area (Å²) in [6.07, 6.45) is 0. The summed E-state index contributed by atoms with van der Waals surface area (Å²) >= 11 is 0. The van der Waals surface area contributed by atoms with E-state index in [1.807, 2.05) is 55.5 Å². The van der Waals surface area contributed by atoms with Gasteiger partial charge >= 0.3 is 6.03 Å². The number of benzene rings is 2. The van der Waals surface area contributed by atoms with Gasteiger partial charge in [-0.1, -0.05) is 36.4 Å². The molecule has 0 unspecified atom stereocenters. The van der Waals surface area contributed by atoms with Crippen molar-refractivity contribution in [3.05, 3.63) is 59.7 Å². The van der Waals surface area contributed by atoms with E-state index in [0.29, 0.717) is 17.8 Å². The molecule has 0 aromatic heterocycles. The van der Waals surface area contributed by atoms with Gasteiger partial charge in [-0.25, -0.2) is 4.79 Å². The van der Waals surface area contributed by atoms with E-state index < -0.39 is 5.72 Å². The molecule has 0 saturated heterocycles. The summed E-state index contributed by atoms with van der Waals surface area (Å²) in [4.78, 5) is 29.2. The molecule has 2 aromatic carbocycles. The molecule has 2 heterocycles. The number of likely N-dealkylation sites (N-methyl/N-ethyl adjacent to an activating group) is 1. The fraction of sp³-hybridized carbons (Fsp3) is 0.263. The number of hydrogen-bond donors (Lipinski definition) is 1. The number of amides is 3. The van der Waals surface area contributed by atoms with Gasteiger partial charge in [-0.05, 0) is 19.1 Å². The van der Waals surface area contributed by atoms with Crippen molar-refractivity contribution in [2.45, 2.75) is 19.3 Å². The van der Waals surface area contributed by atoms with Crippen LogP contribution in [0.15, 0.2) is 48.5 Å². The van der Waals surface area contributed by atoms with E-state index in [1.165, 1.54) is 4.90 Å². The Morgan fingerprint density at radius 1 is 1.16 bits per heavy atom. The van der Waals surface area contributed by atoms with E-state index >= 15 is 0 Å². The lowest BCUT2D eigenvalue weighted by atomic mass is 9.98. The van der Waals surface area contributed by atoms with E-state index in [9.17, 15) is 9.59 Å². The van der Waals surface area contributed by atoms with Crippen LogP contribution in [0.3, 0.4) is 0 Å². The Hall–Kier alpha value is -2.86. The quantitative estimate of drug-likeness (QED) is 0.870. The van der Waals surface area contributed by atoms with Crippen LogP contribution in [0.2, 0.25) is 0 Å². The third kappa shape index (κ3) is 2.01. The number of nitrogens with one attached hydrogen (secondary N) is 1. The zero-order valence-corrected chi connectivity index (χ0v) is 14.2. The fourth-order valence-corrected chi connectivity index (χ4v) is 3.61. The van der Waals surface area contributed by atoms with Crippen molar-refractivity contribution in [2.75, 3.05) is 23.4 Å². The number of anilines is 2. The van der Waals surface area contributed by atoms with Crippen LogP contribution in [-0.2, 0) is 21.9 Å². The molecule has 128 valence electrons. The molecule has 2 aromatic rings. The summed E-state index contributed by atoms with van der Waals surface area (Å²) in [5.74, 6) is -0.269. The molecule has 25 heavy (non-hydrogen) atoms. The van der Waals surface area contributed by atoms with Gasteiger partial charge in [-0.15, -0.1) is 0 Å². The molecule has 6 heteroatoms. The van der Waals surface area contributed by atoms with Crippen LogP contribution < -0.4 is 15.1 Å². The van der Waals surface area contributed by atoms with Crippen molar-refractivity contribution in [3.63, 3.8) is 0 Å². The van der Waals surface area contributed by atoms with Gasteiger partial charge in [-0.3, -0.25) is 9.69 Å². The van der Waals surface area contributed by atoms with Crippen molar-refractivity contribution < 1.29 is 14.3 Å². The molecule has 4 rings (SSSR count). The summed E-state index contributed by atoms with van der Waals surface area (Å²) in [7, 11) is 1.70. The molecule has 0 fully saturated rings. The van der Waals surface area contributed by atoms with Crippen LogP contribution in [0.25, 0.3) is 0 Å². The average Bonchev–Trinajstić information content (AvgIpc) is 2.85. The van der Waals surface area contributed by atoms with Gasteiger partial charge in [0.25, 0.3) is 11.6 Å². The number of nitrogens with zero attached hydrogens (tertiary/aromatic N) is 2. The predicted molar refractivity (Wildman–Crippen MR) is 94.3 cm³/mol. The van der Waals surface area contributed by atoms with Crippen molar-refractivity contribution in [1.29, 1.82) is 0 Å². The number of fused-ring (bicyclic) bond motifs is 3. The Kier molecular flexibility index (Phi) is 3.51. The maximum atomic E-state index is 13.2. The third-order valence-corrected chi connectivity index (χ3v) is 4.74. The van der Waals surface area contributed by atoms with E-state index in [4.69, 9.17) is 4.74 Å². The van der Waals surface area contributed by atoms with Crippen molar-refractivity contribution >= 4 is 23.3 Å². The second-order valence-electron chi connectivity index (χ2n) is 6.11. The van der Waals surface area contributed by atoms with Crippen LogP contribution >= 0.6 is 0 Å². The zero-order chi connectivity index (χ0) is 17.6. The monoisotopic (exact) mass is 337 g/mol. The van der Waals surface area contributed by atoms with Crippen LogP contribution in [0.1, 0.15) is 18.1 Å².